The van der Waals surface area contributed by atoms with Crippen LogP contribution in [0.3, 0.4) is 0 Å². The SMILES string of the molecule is CC[C@@H](C(=O)NCC(C)C)N(Cc1ccccc1C)C(=O)CCCN(c1ccc(OC)c(Cl)c1)S(C)(=O)=O. The lowest BCUT2D eigenvalue weighted by Crippen LogP contribution is -2.49. The number of anilines is 1. The molecule has 0 heterocycles. The van der Waals surface area contributed by atoms with Crippen LogP contribution in [-0.4, -0.2) is 57.6 Å². The van der Waals surface area contributed by atoms with Crippen LogP contribution >= 0.6 is 11.6 Å². The van der Waals surface area contributed by atoms with Crippen LogP contribution in [0.5, 0.6) is 5.75 Å². The van der Waals surface area contributed by atoms with E-state index in [-0.39, 0.29) is 42.1 Å². The van der Waals surface area contributed by atoms with Gasteiger partial charge in [-0.15, -0.1) is 0 Å². The number of amides is 2. The van der Waals surface area contributed by atoms with Crippen LogP contribution < -0.4 is 14.4 Å². The summed E-state index contributed by atoms with van der Waals surface area (Å²) in [5.41, 5.74) is 2.38. The standard InChI is InChI=1S/C28H40ClN3O5S/c1-7-25(28(34)30-18-20(2)3)31(19-22-12-9-8-11-21(22)4)27(33)13-10-16-32(38(6,35)36)23-14-15-26(37-5)24(29)17-23/h8-9,11-12,14-15,17,20,25H,7,10,13,16,18-19H2,1-6H3,(H,30,34)/t25-/m0/s1. The van der Waals surface area contributed by atoms with E-state index in [1.165, 1.54) is 17.5 Å². The maximum Gasteiger partial charge on any atom is 0.242 e. The third kappa shape index (κ3) is 8.91. The summed E-state index contributed by atoms with van der Waals surface area (Å²) >= 11 is 6.22. The first kappa shape index (κ1) is 31.4. The molecule has 2 amide bonds. The molecule has 2 aromatic rings. The van der Waals surface area contributed by atoms with Gasteiger partial charge in [0.05, 0.1) is 24.1 Å². The summed E-state index contributed by atoms with van der Waals surface area (Å²) in [6.07, 6.45) is 1.92. The van der Waals surface area contributed by atoms with Crippen molar-refractivity contribution in [1.29, 1.82) is 0 Å². The largest absolute Gasteiger partial charge is 0.495 e. The van der Waals surface area contributed by atoms with Gasteiger partial charge in [0.1, 0.15) is 11.8 Å². The molecule has 0 fully saturated rings. The van der Waals surface area contributed by atoms with Crippen LogP contribution in [0.2, 0.25) is 5.02 Å². The molecule has 0 aliphatic heterocycles. The Labute approximate surface area is 232 Å². The second-order valence-electron chi connectivity index (χ2n) is 9.77. The van der Waals surface area contributed by atoms with Crippen molar-refractivity contribution < 1.29 is 22.7 Å². The number of methoxy groups -OCH3 is 1. The summed E-state index contributed by atoms with van der Waals surface area (Å²) in [4.78, 5) is 28.2. The molecule has 0 aliphatic rings. The minimum Gasteiger partial charge on any atom is -0.495 e. The average molecular weight is 566 g/mol. The number of sulfonamides is 1. The molecule has 8 nitrogen and oxygen atoms in total. The van der Waals surface area contributed by atoms with Gasteiger partial charge >= 0.3 is 0 Å². The zero-order chi connectivity index (χ0) is 28.5. The fourth-order valence-electron chi connectivity index (χ4n) is 4.13. The van der Waals surface area contributed by atoms with Crippen molar-refractivity contribution in [3.63, 3.8) is 0 Å². The third-order valence-corrected chi connectivity index (χ3v) is 7.74. The molecular weight excluding hydrogens is 526 g/mol. The van der Waals surface area contributed by atoms with Gasteiger partial charge in [0.15, 0.2) is 0 Å². The molecule has 210 valence electrons. The van der Waals surface area contributed by atoms with Crippen molar-refractivity contribution in [3.05, 3.63) is 58.6 Å². The van der Waals surface area contributed by atoms with Gasteiger partial charge in [0.2, 0.25) is 21.8 Å². The maximum atomic E-state index is 13.5. The van der Waals surface area contributed by atoms with Crippen molar-refractivity contribution in [2.45, 2.75) is 59.5 Å². The fourth-order valence-corrected chi connectivity index (χ4v) is 5.34. The molecule has 0 spiro atoms. The van der Waals surface area contributed by atoms with Crippen LogP contribution in [-0.2, 0) is 26.2 Å². The number of nitrogens with zero attached hydrogens (tertiary/aromatic N) is 2. The van der Waals surface area contributed by atoms with Crippen molar-refractivity contribution in [2.75, 3.05) is 30.8 Å². The van der Waals surface area contributed by atoms with Crippen LogP contribution in [0.4, 0.5) is 5.69 Å². The number of rotatable bonds is 14. The molecule has 1 N–H and O–H groups in total. The number of hydrogen-bond acceptors (Lipinski definition) is 5. The van der Waals surface area contributed by atoms with Crippen molar-refractivity contribution in [1.82, 2.24) is 10.2 Å². The van der Waals surface area contributed by atoms with E-state index in [9.17, 15) is 18.0 Å². The van der Waals surface area contributed by atoms with Crippen molar-refractivity contribution >= 4 is 39.1 Å². The lowest BCUT2D eigenvalue weighted by atomic mass is 10.0. The van der Waals surface area contributed by atoms with Gasteiger partial charge in [-0.1, -0.05) is 56.6 Å². The highest BCUT2D eigenvalue weighted by Gasteiger charge is 2.29. The predicted octanol–water partition coefficient (Wildman–Crippen LogP) is 4.78. The minimum atomic E-state index is -3.63. The Morgan fingerprint density at radius 2 is 1.82 bits per heavy atom. The van der Waals surface area contributed by atoms with Crippen molar-refractivity contribution in [2.24, 2.45) is 5.92 Å². The summed E-state index contributed by atoms with van der Waals surface area (Å²) in [7, 11) is -2.15. The molecule has 0 saturated heterocycles. The van der Waals surface area contributed by atoms with Gasteiger partial charge < -0.3 is 15.0 Å². The van der Waals surface area contributed by atoms with Crippen LogP contribution in [0.15, 0.2) is 42.5 Å². The number of nitrogens with one attached hydrogen (secondary N) is 1. The first-order valence-corrected chi connectivity index (χ1v) is 15.0. The minimum absolute atomic E-state index is 0.0791. The zero-order valence-electron chi connectivity index (χ0n) is 23.2. The van der Waals surface area contributed by atoms with Crippen LogP contribution in [0, 0.1) is 12.8 Å². The number of aryl methyl sites for hydroxylation is 1. The summed E-state index contributed by atoms with van der Waals surface area (Å²) in [5.74, 6) is 0.326. The molecule has 10 heteroatoms. The van der Waals surface area contributed by atoms with E-state index < -0.39 is 16.1 Å². The van der Waals surface area contributed by atoms with Gasteiger partial charge in [-0.3, -0.25) is 13.9 Å². The molecule has 0 aromatic heterocycles. The third-order valence-electron chi connectivity index (χ3n) is 6.25. The molecule has 0 radical (unpaired) electrons. The summed E-state index contributed by atoms with van der Waals surface area (Å²) < 4.78 is 31.5. The molecule has 0 aliphatic carbocycles. The average Bonchev–Trinajstić information content (AvgIpc) is 2.85. The number of carbonyl (C=O) groups excluding carboxylic acids is 2. The van der Waals surface area contributed by atoms with E-state index in [0.717, 1.165) is 17.4 Å². The van der Waals surface area contributed by atoms with E-state index in [1.54, 1.807) is 17.0 Å². The second-order valence-corrected chi connectivity index (χ2v) is 12.1. The van der Waals surface area contributed by atoms with Gasteiger partial charge in [0.25, 0.3) is 0 Å². The molecule has 0 bridgehead atoms. The Morgan fingerprint density at radius 3 is 2.37 bits per heavy atom. The molecule has 0 unspecified atom stereocenters. The van der Waals surface area contributed by atoms with E-state index in [4.69, 9.17) is 16.3 Å². The molecule has 2 rings (SSSR count). The second kappa shape index (κ2) is 14.4. The maximum absolute atomic E-state index is 13.5. The van der Waals surface area contributed by atoms with Crippen LogP contribution in [0.25, 0.3) is 0 Å². The van der Waals surface area contributed by atoms with Gasteiger partial charge in [-0.2, -0.15) is 0 Å². The van der Waals surface area contributed by atoms with E-state index in [1.807, 2.05) is 52.0 Å². The normalized spacial score (nSPS) is 12.2. The lowest BCUT2D eigenvalue weighted by molar-refractivity contribution is -0.141. The Bertz CT molecular complexity index is 1200. The lowest BCUT2D eigenvalue weighted by Gasteiger charge is -2.31. The molecule has 38 heavy (non-hydrogen) atoms. The highest BCUT2D eigenvalue weighted by atomic mass is 35.5. The number of ether oxygens (including phenoxy) is 1. The first-order chi connectivity index (χ1) is 17.9. The fraction of sp³-hybridized carbons (Fsp3) is 0.500. The summed E-state index contributed by atoms with van der Waals surface area (Å²) in [6, 6.07) is 11.9. The molecule has 2 aromatic carbocycles. The Kier molecular flexibility index (Phi) is 11.9. The number of halogens is 1. The van der Waals surface area contributed by atoms with E-state index in [0.29, 0.717) is 30.9 Å². The smallest absolute Gasteiger partial charge is 0.242 e. The summed E-state index contributed by atoms with van der Waals surface area (Å²) in [6.45, 7) is 8.79. The van der Waals surface area contributed by atoms with Crippen molar-refractivity contribution in [3.8, 4) is 5.75 Å². The quantitative estimate of drug-likeness (QED) is 0.355. The first-order valence-electron chi connectivity index (χ1n) is 12.8. The van der Waals surface area contributed by atoms with E-state index in [2.05, 4.69) is 5.32 Å². The topological polar surface area (TPSA) is 96.0 Å². The zero-order valence-corrected chi connectivity index (χ0v) is 24.7. The van der Waals surface area contributed by atoms with E-state index >= 15 is 0 Å². The van der Waals surface area contributed by atoms with Gasteiger partial charge in [-0.05, 0) is 55.0 Å². The predicted molar refractivity (Wildman–Crippen MR) is 153 cm³/mol. The molecular formula is C28H40ClN3O5S. The van der Waals surface area contributed by atoms with Gasteiger partial charge in [0, 0.05) is 26.1 Å². The highest BCUT2D eigenvalue weighted by Crippen LogP contribution is 2.30. The Morgan fingerprint density at radius 1 is 1.13 bits per heavy atom. The van der Waals surface area contributed by atoms with Crippen LogP contribution in [0.1, 0.15) is 51.2 Å². The highest BCUT2D eigenvalue weighted by molar-refractivity contribution is 7.92. The molecule has 1 atom stereocenters. The number of carbonyl (C=O) groups is 2. The number of hydrogen-bond donors (Lipinski definition) is 1. The monoisotopic (exact) mass is 565 g/mol. The van der Waals surface area contributed by atoms with Gasteiger partial charge in [-0.25, -0.2) is 8.42 Å². The molecule has 0 saturated carbocycles. The number of benzene rings is 2. The Balaban J connectivity index is 2.24. The Hall–Kier alpha value is -2.78. The summed E-state index contributed by atoms with van der Waals surface area (Å²) in [5, 5.41) is 3.25.